The Labute approximate surface area is 222 Å². The number of nitrogens with zero attached hydrogens (tertiary/aromatic N) is 1. The van der Waals surface area contributed by atoms with E-state index in [2.05, 4.69) is 39.5 Å². The van der Waals surface area contributed by atoms with Crippen molar-refractivity contribution in [2.45, 2.75) is 124 Å². The maximum Gasteiger partial charge on any atom is 0.264 e. The Morgan fingerprint density at radius 1 is 0.889 bits per heavy atom. The first-order chi connectivity index (χ1) is 16.9. The normalized spacial score (nSPS) is 44.5. The van der Waals surface area contributed by atoms with Crippen LogP contribution in [0.3, 0.4) is 0 Å². The van der Waals surface area contributed by atoms with E-state index < -0.39 is 10.1 Å². The largest absolute Gasteiger partial charge is 0.295 e. The Hall–Kier alpha value is -0.130. The van der Waals surface area contributed by atoms with Crippen molar-refractivity contribution in [3.63, 3.8) is 0 Å². The molecule has 2 unspecified atom stereocenters. The average Bonchev–Trinajstić information content (AvgIpc) is 3.12. The summed E-state index contributed by atoms with van der Waals surface area (Å²) in [6.45, 7) is 14.3. The van der Waals surface area contributed by atoms with Crippen LogP contribution in [-0.2, 0) is 14.3 Å². The molecule has 0 amide bonds. The van der Waals surface area contributed by atoms with Crippen molar-refractivity contribution in [3.8, 4) is 0 Å². The van der Waals surface area contributed by atoms with Crippen LogP contribution in [0.1, 0.15) is 112 Å². The van der Waals surface area contributed by atoms with E-state index in [1.165, 1.54) is 83.3 Å². The molecule has 36 heavy (non-hydrogen) atoms. The van der Waals surface area contributed by atoms with Gasteiger partial charge in [0.1, 0.15) is 6.10 Å². The van der Waals surface area contributed by atoms with E-state index in [1.807, 2.05) is 0 Å². The van der Waals surface area contributed by atoms with Crippen LogP contribution >= 0.6 is 0 Å². The lowest BCUT2D eigenvalue weighted by Crippen LogP contribution is -2.60. The topological polar surface area (TPSA) is 46.6 Å². The number of hydrogen-bond donors (Lipinski definition) is 0. The van der Waals surface area contributed by atoms with Gasteiger partial charge in [0.15, 0.2) is 0 Å². The number of rotatable bonds is 8. The second kappa shape index (κ2) is 10.1. The molecule has 0 aromatic carbocycles. The molecule has 208 valence electrons. The van der Waals surface area contributed by atoms with Crippen molar-refractivity contribution in [1.82, 2.24) is 4.90 Å². The standard InChI is InChI=1S/C31H55NO3S/c1-21(2)8-7-9-22(3)27-12-13-28-26-11-10-23-18-24(32-19-25(20-32)35-36(6,33)34)14-16-30(23,4)29(26)15-17-31(27,28)5/h21-29H,7-20H2,1-6H3/t22-,23?,24?,26+,27-,28+,29+,30+,31-/m1/s1. The predicted octanol–water partition coefficient (Wildman–Crippen LogP) is 7.14. The van der Waals surface area contributed by atoms with Gasteiger partial charge >= 0.3 is 0 Å². The van der Waals surface area contributed by atoms with Gasteiger partial charge in [-0.15, -0.1) is 0 Å². The van der Waals surface area contributed by atoms with Crippen molar-refractivity contribution >= 4 is 10.1 Å². The fraction of sp³-hybridized carbons (Fsp3) is 1.00. The van der Waals surface area contributed by atoms with Gasteiger partial charge in [-0.05, 0) is 110 Å². The molecule has 5 fully saturated rings. The molecule has 4 nitrogen and oxygen atoms in total. The number of hydrogen-bond acceptors (Lipinski definition) is 4. The van der Waals surface area contributed by atoms with E-state index in [0.717, 1.165) is 54.5 Å². The molecular formula is C31H55NO3S. The summed E-state index contributed by atoms with van der Waals surface area (Å²) in [4.78, 5) is 2.52. The minimum absolute atomic E-state index is 0.122. The zero-order chi connectivity index (χ0) is 25.9. The Balaban J connectivity index is 1.19. The second-order valence-corrected chi connectivity index (χ2v) is 16.6. The first-order valence-corrected chi connectivity index (χ1v) is 17.3. The highest BCUT2D eigenvalue weighted by molar-refractivity contribution is 7.86. The van der Waals surface area contributed by atoms with Crippen LogP contribution in [0.25, 0.3) is 0 Å². The number of fused-ring (bicyclic) bond motifs is 5. The molecule has 1 saturated heterocycles. The van der Waals surface area contributed by atoms with Crippen LogP contribution < -0.4 is 0 Å². The summed E-state index contributed by atoms with van der Waals surface area (Å²) in [5.41, 5.74) is 1.11. The summed E-state index contributed by atoms with van der Waals surface area (Å²) in [6, 6.07) is 0.635. The Morgan fingerprint density at radius 3 is 2.28 bits per heavy atom. The van der Waals surface area contributed by atoms with Gasteiger partial charge in [0.05, 0.1) is 6.26 Å². The van der Waals surface area contributed by atoms with E-state index in [-0.39, 0.29) is 6.10 Å². The van der Waals surface area contributed by atoms with Crippen molar-refractivity contribution < 1.29 is 12.6 Å². The summed E-state index contributed by atoms with van der Waals surface area (Å²) in [6.07, 6.45) is 18.1. The van der Waals surface area contributed by atoms with Crippen molar-refractivity contribution in [1.29, 1.82) is 0 Å². The van der Waals surface area contributed by atoms with Crippen LogP contribution in [0.15, 0.2) is 0 Å². The second-order valence-electron chi connectivity index (χ2n) is 15.0. The lowest BCUT2D eigenvalue weighted by atomic mass is 9.44. The van der Waals surface area contributed by atoms with Gasteiger partial charge in [-0.1, -0.05) is 53.9 Å². The summed E-state index contributed by atoms with van der Waals surface area (Å²) in [7, 11) is -3.34. The summed E-state index contributed by atoms with van der Waals surface area (Å²) in [5, 5.41) is 0. The van der Waals surface area contributed by atoms with Gasteiger partial charge in [-0.2, -0.15) is 8.42 Å². The van der Waals surface area contributed by atoms with Crippen LogP contribution in [0.2, 0.25) is 0 Å². The van der Waals surface area contributed by atoms with Crippen molar-refractivity contribution in [3.05, 3.63) is 0 Å². The summed E-state index contributed by atoms with van der Waals surface area (Å²) >= 11 is 0. The molecule has 5 aliphatic rings. The molecule has 5 rings (SSSR count). The molecule has 0 aromatic rings. The molecule has 4 saturated carbocycles. The van der Waals surface area contributed by atoms with Crippen molar-refractivity contribution in [2.75, 3.05) is 19.3 Å². The van der Waals surface area contributed by atoms with Crippen molar-refractivity contribution in [2.24, 2.45) is 52.3 Å². The average molecular weight is 522 g/mol. The number of likely N-dealkylation sites (tertiary alicyclic amines) is 1. The molecule has 0 bridgehead atoms. The zero-order valence-electron chi connectivity index (χ0n) is 24.2. The Morgan fingerprint density at radius 2 is 1.58 bits per heavy atom. The van der Waals surface area contributed by atoms with Gasteiger partial charge in [-0.25, -0.2) is 0 Å². The fourth-order valence-corrected chi connectivity index (χ4v) is 11.3. The van der Waals surface area contributed by atoms with Crippen LogP contribution in [0.5, 0.6) is 0 Å². The molecule has 0 spiro atoms. The van der Waals surface area contributed by atoms with Gasteiger partial charge in [0.25, 0.3) is 10.1 Å². The van der Waals surface area contributed by atoms with Crippen LogP contribution in [-0.4, -0.2) is 44.8 Å². The quantitative estimate of drug-likeness (QED) is 0.319. The van der Waals surface area contributed by atoms with E-state index in [1.54, 1.807) is 0 Å². The van der Waals surface area contributed by atoms with Gasteiger partial charge in [0.2, 0.25) is 0 Å². The highest BCUT2D eigenvalue weighted by Gasteiger charge is 2.61. The predicted molar refractivity (Wildman–Crippen MR) is 148 cm³/mol. The Kier molecular flexibility index (Phi) is 7.71. The first-order valence-electron chi connectivity index (χ1n) is 15.5. The third kappa shape index (κ3) is 5.08. The van der Waals surface area contributed by atoms with E-state index in [4.69, 9.17) is 4.18 Å². The van der Waals surface area contributed by atoms with Crippen LogP contribution in [0.4, 0.5) is 0 Å². The minimum Gasteiger partial charge on any atom is -0.295 e. The van der Waals surface area contributed by atoms with E-state index >= 15 is 0 Å². The highest BCUT2D eigenvalue weighted by atomic mass is 32.2. The SMILES string of the molecule is CC(C)CCC[C@@H](C)[C@H]1CC[C@H]2[C@@H]3CCC4CC(N5CC(OS(C)(=O)=O)C5)CC[C@]4(C)[C@H]3CC[C@]12C. The van der Waals surface area contributed by atoms with Gasteiger partial charge in [-0.3, -0.25) is 9.08 Å². The monoisotopic (exact) mass is 521 g/mol. The Bertz CT molecular complexity index is 882. The molecule has 0 N–H and O–H groups in total. The first kappa shape index (κ1) is 27.4. The smallest absolute Gasteiger partial charge is 0.264 e. The van der Waals surface area contributed by atoms with Gasteiger partial charge in [0, 0.05) is 19.1 Å². The molecule has 5 heteroatoms. The third-order valence-electron chi connectivity index (χ3n) is 12.5. The van der Waals surface area contributed by atoms with Gasteiger partial charge < -0.3 is 0 Å². The molecule has 1 aliphatic heterocycles. The third-order valence-corrected chi connectivity index (χ3v) is 13.2. The maximum atomic E-state index is 11.5. The molecule has 9 atom stereocenters. The lowest BCUT2D eigenvalue weighted by Gasteiger charge is -2.62. The minimum atomic E-state index is -3.34. The molecule has 1 heterocycles. The summed E-state index contributed by atoms with van der Waals surface area (Å²) < 4.78 is 28.2. The summed E-state index contributed by atoms with van der Waals surface area (Å²) in [5.74, 6) is 6.40. The molecular weight excluding hydrogens is 466 g/mol. The zero-order valence-corrected chi connectivity index (χ0v) is 25.0. The van der Waals surface area contributed by atoms with E-state index in [9.17, 15) is 8.42 Å². The molecule has 0 aromatic heterocycles. The molecule has 4 aliphatic carbocycles. The highest BCUT2D eigenvalue weighted by Crippen LogP contribution is 2.68. The fourth-order valence-electron chi connectivity index (χ4n) is 10.7. The van der Waals surface area contributed by atoms with Crippen LogP contribution in [0, 0.1) is 52.3 Å². The molecule has 0 radical (unpaired) electrons. The lowest BCUT2D eigenvalue weighted by molar-refractivity contribution is -0.132. The maximum absolute atomic E-state index is 11.5. The van der Waals surface area contributed by atoms with E-state index in [0.29, 0.717) is 16.9 Å².